The summed E-state index contributed by atoms with van der Waals surface area (Å²) in [6, 6.07) is 22.5. The van der Waals surface area contributed by atoms with Crippen LogP contribution < -0.4 is 9.47 Å². The van der Waals surface area contributed by atoms with Crippen LogP contribution in [0.3, 0.4) is 0 Å². The summed E-state index contributed by atoms with van der Waals surface area (Å²) in [7, 11) is 1.68. The lowest BCUT2D eigenvalue weighted by Gasteiger charge is -2.13. The Kier molecular flexibility index (Phi) is 5.02. The van der Waals surface area contributed by atoms with Gasteiger partial charge in [0.2, 0.25) is 0 Å². The SMILES string of the molecule is COc1cccc(-c2nc3ccccc3n2CCOc2cc(C)ccc2C)c1. The molecule has 0 aliphatic rings. The van der Waals surface area contributed by atoms with Crippen molar-refractivity contribution < 1.29 is 9.47 Å². The van der Waals surface area contributed by atoms with Gasteiger partial charge in [0.05, 0.1) is 24.7 Å². The summed E-state index contributed by atoms with van der Waals surface area (Å²) in [6.07, 6.45) is 0. The molecule has 4 nitrogen and oxygen atoms in total. The molecule has 0 bridgehead atoms. The summed E-state index contributed by atoms with van der Waals surface area (Å²) in [5.74, 6) is 2.68. The summed E-state index contributed by atoms with van der Waals surface area (Å²) in [4.78, 5) is 4.87. The minimum atomic E-state index is 0.571. The highest BCUT2D eigenvalue weighted by Gasteiger charge is 2.13. The Balaban J connectivity index is 1.66. The highest BCUT2D eigenvalue weighted by molar-refractivity contribution is 5.80. The maximum atomic E-state index is 6.10. The second-order valence-corrected chi connectivity index (χ2v) is 6.93. The predicted octanol–water partition coefficient (Wildman–Crippen LogP) is 5.41. The quantitative estimate of drug-likeness (QED) is 0.454. The zero-order chi connectivity index (χ0) is 19.5. The third-order valence-electron chi connectivity index (χ3n) is 4.90. The molecule has 0 aliphatic heterocycles. The largest absolute Gasteiger partial charge is 0.497 e. The molecule has 0 aliphatic carbocycles. The normalized spacial score (nSPS) is 11.0. The van der Waals surface area contributed by atoms with Crippen LogP contribution in [0.4, 0.5) is 0 Å². The lowest BCUT2D eigenvalue weighted by molar-refractivity contribution is 0.299. The van der Waals surface area contributed by atoms with Gasteiger partial charge in [-0.25, -0.2) is 4.98 Å². The van der Waals surface area contributed by atoms with Crippen molar-refractivity contribution >= 4 is 11.0 Å². The van der Waals surface area contributed by atoms with E-state index in [0.717, 1.165) is 39.5 Å². The summed E-state index contributed by atoms with van der Waals surface area (Å²) < 4.78 is 13.7. The third-order valence-corrected chi connectivity index (χ3v) is 4.90. The van der Waals surface area contributed by atoms with Crippen LogP contribution >= 0.6 is 0 Å². The van der Waals surface area contributed by atoms with E-state index in [1.54, 1.807) is 7.11 Å². The first-order valence-electron chi connectivity index (χ1n) is 9.45. The van der Waals surface area contributed by atoms with Crippen LogP contribution in [0.15, 0.2) is 66.7 Å². The Labute approximate surface area is 165 Å². The van der Waals surface area contributed by atoms with Crippen LogP contribution in [0.25, 0.3) is 22.4 Å². The molecular formula is C24H24N2O2. The first-order valence-corrected chi connectivity index (χ1v) is 9.45. The van der Waals surface area contributed by atoms with E-state index in [2.05, 4.69) is 48.7 Å². The van der Waals surface area contributed by atoms with Crippen molar-refractivity contribution in [3.05, 3.63) is 77.9 Å². The second kappa shape index (κ2) is 7.77. The van der Waals surface area contributed by atoms with Crippen molar-refractivity contribution in [3.63, 3.8) is 0 Å². The van der Waals surface area contributed by atoms with Crippen molar-refractivity contribution in [1.29, 1.82) is 0 Å². The van der Waals surface area contributed by atoms with E-state index in [0.29, 0.717) is 13.2 Å². The summed E-state index contributed by atoms with van der Waals surface area (Å²) >= 11 is 0. The van der Waals surface area contributed by atoms with Gasteiger partial charge in [-0.05, 0) is 55.3 Å². The van der Waals surface area contributed by atoms with Crippen LogP contribution in [-0.2, 0) is 6.54 Å². The molecular weight excluding hydrogens is 348 g/mol. The molecule has 3 aromatic carbocycles. The smallest absolute Gasteiger partial charge is 0.141 e. The highest BCUT2D eigenvalue weighted by Crippen LogP contribution is 2.27. The molecule has 0 saturated heterocycles. The van der Waals surface area contributed by atoms with Gasteiger partial charge in [-0.3, -0.25) is 0 Å². The second-order valence-electron chi connectivity index (χ2n) is 6.93. The van der Waals surface area contributed by atoms with E-state index in [1.165, 1.54) is 5.56 Å². The molecule has 4 aromatic rings. The van der Waals surface area contributed by atoms with Crippen molar-refractivity contribution in [1.82, 2.24) is 9.55 Å². The predicted molar refractivity (Wildman–Crippen MR) is 113 cm³/mol. The highest BCUT2D eigenvalue weighted by atomic mass is 16.5. The van der Waals surface area contributed by atoms with Gasteiger partial charge >= 0.3 is 0 Å². The fourth-order valence-corrected chi connectivity index (χ4v) is 3.39. The van der Waals surface area contributed by atoms with Crippen molar-refractivity contribution in [2.75, 3.05) is 13.7 Å². The first-order chi connectivity index (χ1) is 13.7. The number of hydrogen-bond donors (Lipinski definition) is 0. The van der Waals surface area contributed by atoms with Gasteiger partial charge in [-0.15, -0.1) is 0 Å². The van der Waals surface area contributed by atoms with Gasteiger partial charge in [-0.1, -0.05) is 36.4 Å². The van der Waals surface area contributed by atoms with E-state index < -0.39 is 0 Å². The molecule has 0 unspecified atom stereocenters. The fraction of sp³-hybridized carbons (Fsp3) is 0.208. The van der Waals surface area contributed by atoms with Crippen LogP contribution in [0.2, 0.25) is 0 Å². The number of para-hydroxylation sites is 2. The molecule has 1 heterocycles. The number of methoxy groups -OCH3 is 1. The third kappa shape index (κ3) is 3.58. The molecule has 0 fully saturated rings. The maximum Gasteiger partial charge on any atom is 0.141 e. The van der Waals surface area contributed by atoms with Crippen molar-refractivity contribution in [2.45, 2.75) is 20.4 Å². The van der Waals surface area contributed by atoms with Gasteiger partial charge < -0.3 is 14.0 Å². The van der Waals surface area contributed by atoms with E-state index in [-0.39, 0.29) is 0 Å². The first kappa shape index (κ1) is 18.1. The fourth-order valence-electron chi connectivity index (χ4n) is 3.39. The number of ether oxygens (including phenoxy) is 2. The van der Waals surface area contributed by atoms with Crippen LogP contribution in [0.1, 0.15) is 11.1 Å². The Morgan fingerprint density at radius 1 is 0.929 bits per heavy atom. The van der Waals surface area contributed by atoms with Gasteiger partial charge in [-0.2, -0.15) is 0 Å². The Bertz CT molecular complexity index is 1110. The lowest BCUT2D eigenvalue weighted by atomic mass is 10.1. The van der Waals surface area contributed by atoms with E-state index in [9.17, 15) is 0 Å². The van der Waals surface area contributed by atoms with E-state index in [1.807, 2.05) is 36.4 Å². The summed E-state index contributed by atoms with van der Waals surface area (Å²) in [6.45, 7) is 5.43. The molecule has 0 saturated carbocycles. The molecule has 0 spiro atoms. The number of aromatic nitrogens is 2. The molecule has 142 valence electrons. The van der Waals surface area contributed by atoms with Gasteiger partial charge in [0.1, 0.15) is 23.9 Å². The average Bonchev–Trinajstić information content (AvgIpc) is 3.09. The molecule has 0 atom stereocenters. The average molecular weight is 372 g/mol. The van der Waals surface area contributed by atoms with Gasteiger partial charge in [0.15, 0.2) is 0 Å². The van der Waals surface area contributed by atoms with E-state index in [4.69, 9.17) is 14.5 Å². The Hall–Kier alpha value is -3.27. The monoisotopic (exact) mass is 372 g/mol. The number of hydrogen-bond acceptors (Lipinski definition) is 3. The zero-order valence-electron chi connectivity index (χ0n) is 16.5. The summed E-state index contributed by atoms with van der Waals surface area (Å²) in [5, 5.41) is 0. The topological polar surface area (TPSA) is 36.3 Å². The zero-order valence-corrected chi connectivity index (χ0v) is 16.5. The van der Waals surface area contributed by atoms with Crippen molar-refractivity contribution in [2.24, 2.45) is 0 Å². The maximum absolute atomic E-state index is 6.10. The molecule has 0 radical (unpaired) electrons. The van der Waals surface area contributed by atoms with Gasteiger partial charge in [0.25, 0.3) is 0 Å². The number of imidazole rings is 1. The molecule has 0 amide bonds. The summed E-state index contributed by atoms with van der Waals surface area (Å²) in [5.41, 5.74) is 5.46. The molecule has 4 heteroatoms. The minimum absolute atomic E-state index is 0.571. The minimum Gasteiger partial charge on any atom is -0.497 e. The van der Waals surface area contributed by atoms with E-state index >= 15 is 0 Å². The molecule has 1 aromatic heterocycles. The number of rotatable bonds is 6. The molecule has 28 heavy (non-hydrogen) atoms. The molecule has 4 rings (SSSR count). The number of benzene rings is 3. The Morgan fingerprint density at radius 3 is 2.64 bits per heavy atom. The van der Waals surface area contributed by atoms with Crippen LogP contribution in [-0.4, -0.2) is 23.3 Å². The van der Waals surface area contributed by atoms with Crippen LogP contribution in [0.5, 0.6) is 11.5 Å². The molecule has 0 N–H and O–H groups in total. The van der Waals surface area contributed by atoms with Crippen molar-refractivity contribution in [3.8, 4) is 22.9 Å². The standard InChI is InChI=1S/C24H24N2O2/c1-17-11-12-18(2)23(15-17)28-14-13-26-22-10-5-4-9-21(22)25-24(26)19-7-6-8-20(16-19)27-3/h4-12,15-16H,13-14H2,1-3H3. The lowest BCUT2D eigenvalue weighted by Crippen LogP contribution is -2.10. The number of aryl methyl sites for hydroxylation is 2. The number of nitrogens with zero attached hydrogens (tertiary/aromatic N) is 2. The number of fused-ring (bicyclic) bond motifs is 1. The van der Waals surface area contributed by atoms with Crippen LogP contribution in [0, 0.1) is 13.8 Å². The van der Waals surface area contributed by atoms with Gasteiger partial charge in [0, 0.05) is 5.56 Å². The Morgan fingerprint density at radius 2 is 1.79 bits per heavy atom.